The number of para-hydroxylation sites is 1. The first-order valence-electron chi connectivity index (χ1n) is 16.9. The van der Waals surface area contributed by atoms with Crippen LogP contribution in [-0.2, 0) is 14.3 Å². The van der Waals surface area contributed by atoms with Crippen LogP contribution >= 0.6 is 22.6 Å². The number of alkyl halides is 1. The Labute approximate surface area is 291 Å². The second kappa shape index (κ2) is 15.0. The molecule has 0 aromatic heterocycles. The molecule has 1 atom stereocenters. The Morgan fingerprint density at radius 1 is 0.644 bits per heavy atom. The zero-order valence-corrected chi connectivity index (χ0v) is 34.1. The van der Waals surface area contributed by atoms with E-state index >= 15 is 0 Å². The smallest absolute Gasteiger partial charge is 0.230 e. The summed E-state index contributed by atoms with van der Waals surface area (Å²) in [5.41, 5.74) is -0.374. The lowest BCUT2D eigenvalue weighted by Gasteiger charge is -2.45. The van der Waals surface area contributed by atoms with Crippen molar-refractivity contribution in [2.45, 2.75) is 152 Å². The van der Waals surface area contributed by atoms with E-state index in [1.807, 2.05) is 58.0 Å². The van der Waals surface area contributed by atoms with Gasteiger partial charge in [-0.25, -0.2) is 0 Å². The molecule has 2 N–H and O–H groups in total. The predicted molar refractivity (Wildman–Crippen MR) is 202 cm³/mol. The Morgan fingerprint density at radius 3 is 1.67 bits per heavy atom. The van der Waals surface area contributed by atoms with Crippen molar-refractivity contribution in [2.75, 3.05) is 18.5 Å². The zero-order valence-electron chi connectivity index (χ0n) is 31.9. The van der Waals surface area contributed by atoms with E-state index in [0.717, 1.165) is 25.1 Å². The zero-order chi connectivity index (χ0) is 35.3. The van der Waals surface area contributed by atoms with Crippen molar-refractivity contribution in [3.63, 3.8) is 0 Å². The van der Waals surface area contributed by atoms with Gasteiger partial charge < -0.3 is 15.4 Å². The third-order valence-electron chi connectivity index (χ3n) is 9.15. The fraction of sp³-hybridized carbons (Fsp3) is 0.795. The molecule has 1 rings (SSSR count). The van der Waals surface area contributed by atoms with Gasteiger partial charge in [-0.1, -0.05) is 131 Å². The van der Waals surface area contributed by atoms with Crippen LogP contribution in [0.2, 0.25) is 0 Å². The number of nitrogens with one attached hydrogen (secondary N) is 2. The van der Waals surface area contributed by atoms with Crippen LogP contribution in [0.3, 0.4) is 0 Å². The molecule has 0 saturated heterocycles. The molecule has 0 heterocycles. The maximum atomic E-state index is 13.5. The molecule has 1 unspecified atom stereocenters. The minimum Gasteiger partial charge on any atom is -0.374 e. The summed E-state index contributed by atoms with van der Waals surface area (Å²) in [6.07, 6.45) is 4.69. The highest BCUT2D eigenvalue weighted by molar-refractivity contribution is 14.1. The first-order valence-corrected chi connectivity index (χ1v) is 18.0. The molecule has 260 valence electrons. The maximum absolute atomic E-state index is 13.5. The van der Waals surface area contributed by atoms with Gasteiger partial charge in [0.1, 0.15) is 0 Å². The molecule has 0 aliphatic rings. The Morgan fingerprint density at radius 2 is 1.16 bits per heavy atom. The summed E-state index contributed by atoms with van der Waals surface area (Å²) < 4.78 is 6.51. The summed E-state index contributed by atoms with van der Waals surface area (Å²) in [5, 5.41) is 6.23. The van der Waals surface area contributed by atoms with Gasteiger partial charge >= 0.3 is 0 Å². The van der Waals surface area contributed by atoms with Gasteiger partial charge in [-0.3, -0.25) is 9.59 Å². The Hall–Kier alpha value is -1.15. The Bertz CT molecular complexity index is 1110. The summed E-state index contributed by atoms with van der Waals surface area (Å²) >= 11 is 2.57. The molecule has 45 heavy (non-hydrogen) atoms. The average Bonchev–Trinajstić information content (AvgIpc) is 2.79. The van der Waals surface area contributed by atoms with E-state index < -0.39 is 10.8 Å². The quantitative estimate of drug-likeness (QED) is 0.123. The number of ether oxygens (including phenoxy) is 1. The number of carbonyl (C=O) groups excluding carboxylic acids is 2. The van der Waals surface area contributed by atoms with Crippen LogP contribution in [0.15, 0.2) is 30.3 Å². The van der Waals surface area contributed by atoms with Crippen molar-refractivity contribution in [3.8, 4) is 0 Å². The van der Waals surface area contributed by atoms with E-state index in [4.69, 9.17) is 4.74 Å². The van der Waals surface area contributed by atoms with Gasteiger partial charge in [0, 0.05) is 33.1 Å². The second-order valence-electron chi connectivity index (χ2n) is 19.3. The van der Waals surface area contributed by atoms with Crippen LogP contribution in [0.5, 0.6) is 0 Å². The maximum Gasteiger partial charge on any atom is 0.230 e. The minimum absolute atomic E-state index is 0.0292. The molecule has 0 spiro atoms. The normalized spacial score (nSPS) is 15.4. The molecule has 2 amide bonds. The fourth-order valence-electron chi connectivity index (χ4n) is 7.44. The van der Waals surface area contributed by atoms with E-state index in [1.165, 1.54) is 12.8 Å². The van der Waals surface area contributed by atoms with Crippen molar-refractivity contribution in [3.05, 3.63) is 30.3 Å². The number of anilines is 1. The molecule has 5 nitrogen and oxygen atoms in total. The van der Waals surface area contributed by atoms with Crippen LogP contribution < -0.4 is 10.6 Å². The van der Waals surface area contributed by atoms with Gasteiger partial charge in [0.15, 0.2) is 0 Å². The number of amides is 2. The van der Waals surface area contributed by atoms with E-state index in [-0.39, 0.29) is 37.1 Å². The molecule has 0 fully saturated rings. The van der Waals surface area contributed by atoms with Crippen LogP contribution in [-0.4, -0.2) is 34.0 Å². The monoisotopic (exact) mass is 740 g/mol. The van der Waals surface area contributed by atoms with Crippen LogP contribution in [0, 0.1) is 32.5 Å². The van der Waals surface area contributed by atoms with Crippen molar-refractivity contribution in [1.82, 2.24) is 5.32 Å². The van der Waals surface area contributed by atoms with Crippen molar-refractivity contribution in [1.29, 1.82) is 0 Å². The standard InChI is InChI=1S/C39H69IN2O3/c1-32(2,3)24-34(6,7)25-33(4,5)22-23-45-38(14,15)39(16,40)26-35(8,9)28-41-30(43)36(10,11)27-37(12,13)31(44)42-29-20-18-17-19-21-29/h17-21H,22-28H2,1-16H3,(H,41,43)(H,42,44). The number of benzene rings is 1. The molecule has 0 radical (unpaired) electrons. The summed E-state index contributed by atoms with van der Waals surface area (Å²) in [4.78, 5) is 26.6. The highest BCUT2D eigenvalue weighted by Gasteiger charge is 2.45. The summed E-state index contributed by atoms with van der Waals surface area (Å²) in [5.74, 6) is -0.117. The van der Waals surface area contributed by atoms with E-state index in [0.29, 0.717) is 18.4 Å². The molecule has 1 aromatic rings. The second-order valence-corrected chi connectivity index (χ2v) is 21.7. The van der Waals surface area contributed by atoms with Crippen LogP contribution in [0.25, 0.3) is 0 Å². The summed E-state index contributed by atoms with van der Waals surface area (Å²) in [6, 6.07) is 9.46. The number of halogens is 1. The van der Waals surface area contributed by atoms with Gasteiger partial charge in [-0.05, 0) is 86.7 Å². The first-order chi connectivity index (χ1) is 19.9. The SMILES string of the molecule is CC(C)(C)CC(C)(C)CC(C)(C)CCOC(C)(C)C(C)(I)CC(C)(C)CNC(=O)C(C)(C)CC(C)(C)C(=O)Nc1ccccc1. The van der Waals surface area contributed by atoms with Crippen molar-refractivity contribution in [2.24, 2.45) is 32.5 Å². The highest BCUT2D eigenvalue weighted by atomic mass is 127. The highest BCUT2D eigenvalue weighted by Crippen LogP contribution is 2.46. The lowest BCUT2D eigenvalue weighted by Crippen LogP contribution is -2.50. The Kier molecular flexibility index (Phi) is 13.9. The molecule has 0 bridgehead atoms. The van der Waals surface area contributed by atoms with Gasteiger partial charge in [-0.2, -0.15) is 0 Å². The molecule has 0 aliphatic heterocycles. The molecule has 6 heteroatoms. The average molecular weight is 741 g/mol. The molecular weight excluding hydrogens is 671 g/mol. The largest absolute Gasteiger partial charge is 0.374 e. The van der Waals surface area contributed by atoms with Crippen molar-refractivity contribution >= 4 is 40.1 Å². The molecule has 1 aromatic carbocycles. The van der Waals surface area contributed by atoms with Crippen LogP contribution in [0.1, 0.15) is 143 Å². The van der Waals surface area contributed by atoms with Crippen molar-refractivity contribution < 1.29 is 14.3 Å². The predicted octanol–water partition coefficient (Wildman–Crippen LogP) is 10.9. The van der Waals surface area contributed by atoms with E-state index in [2.05, 4.69) is 116 Å². The van der Waals surface area contributed by atoms with Crippen LogP contribution in [0.4, 0.5) is 5.69 Å². The topological polar surface area (TPSA) is 67.4 Å². The first kappa shape index (κ1) is 41.9. The van der Waals surface area contributed by atoms with Gasteiger partial charge in [0.2, 0.25) is 11.8 Å². The summed E-state index contributed by atoms with van der Waals surface area (Å²) in [7, 11) is 0. The number of rotatable bonds is 17. The van der Waals surface area contributed by atoms with E-state index in [9.17, 15) is 9.59 Å². The van der Waals surface area contributed by atoms with Gasteiger partial charge in [-0.15, -0.1) is 0 Å². The Balaban J connectivity index is 2.76. The third-order valence-corrected chi connectivity index (χ3v) is 10.8. The lowest BCUT2D eigenvalue weighted by atomic mass is 9.67. The number of hydrogen-bond acceptors (Lipinski definition) is 3. The minimum atomic E-state index is -0.717. The van der Waals surface area contributed by atoms with Gasteiger partial charge in [0.25, 0.3) is 0 Å². The molecular formula is C39H69IN2O3. The third kappa shape index (κ3) is 14.7. The van der Waals surface area contributed by atoms with Gasteiger partial charge in [0.05, 0.1) is 5.60 Å². The van der Waals surface area contributed by atoms with E-state index in [1.54, 1.807) is 0 Å². The number of hydrogen-bond donors (Lipinski definition) is 2. The fourth-order valence-corrected chi connectivity index (χ4v) is 8.62. The molecule has 0 saturated carbocycles. The molecule has 0 aliphatic carbocycles. The number of carbonyl (C=O) groups is 2. The lowest BCUT2D eigenvalue weighted by molar-refractivity contribution is -0.134. The summed E-state index contributed by atoms with van der Waals surface area (Å²) in [6.45, 7) is 36.6.